The lowest BCUT2D eigenvalue weighted by atomic mass is 10.1. The highest BCUT2D eigenvalue weighted by atomic mass is 16.2. The van der Waals surface area contributed by atoms with Crippen LogP contribution in [0, 0.1) is 13.8 Å². The van der Waals surface area contributed by atoms with E-state index in [9.17, 15) is 9.59 Å². The Morgan fingerprint density at radius 1 is 1.12 bits per heavy atom. The zero-order valence-corrected chi connectivity index (χ0v) is 14.3. The van der Waals surface area contributed by atoms with Crippen molar-refractivity contribution in [1.29, 1.82) is 0 Å². The second kappa shape index (κ2) is 6.48. The van der Waals surface area contributed by atoms with Gasteiger partial charge in [-0.3, -0.25) is 9.59 Å². The standard InChI is InChI=1S/C20H22N2O2/c1-4-15-7-5-6-8-16(15)21-17-12-19(23)22(20(17)24)18-10-9-13(2)11-14(18)3/h5-11,17,21H,4,12H2,1-3H3/t17-/m1/s1. The minimum atomic E-state index is -0.508. The lowest BCUT2D eigenvalue weighted by Gasteiger charge is -2.19. The van der Waals surface area contributed by atoms with Crippen LogP contribution >= 0.6 is 0 Å². The van der Waals surface area contributed by atoms with Crippen molar-refractivity contribution in [2.75, 3.05) is 10.2 Å². The van der Waals surface area contributed by atoms with Crippen molar-refractivity contribution in [3.8, 4) is 0 Å². The van der Waals surface area contributed by atoms with Crippen molar-refractivity contribution in [2.45, 2.75) is 39.7 Å². The summed E-state index contributed by atoms with van der Waals surface area (Å²) in [7, 11) is 0. The van der Waals surface area contributed by atoms with E-state index in [0.717, 1.165) is 28.8 Å². The van der Waals surface area contributed by atoms with Gasteiger partial charge >= 0.3 is 0 Å². The van der Waals surface area contributed by atoms with Crippen molar-refractivity contribution >= 4 is 23.2 Å². The Bertz CT molecular complexity index is 798. The van der Waals surface area contributed by atoms with Crippen molar-refractivity contribution in [1.82, 2.24) is 0 Å². The first-order valence-electron chi connectivity index (χ1n) is 8.29. The molecule has 2 aromatic rings. The van der Waals surface area contributed by atoms with Gasteiger partial charge in [-0.25, -0.2) is 4.90 Å². The van der Waals surface area contributed by atoms with Crippen molar-refractivity contribution in [3.05, 3.63) is 59.2 Å². The van der Waals surface area contributed by atoms with Crippen LogP contribution < -0.4 is 10.2 Å². The largest absolute Gasteiger partial charge is 0.373 e. The van der Waals surface area contributed by atoms with Crippen LogP contribution in [0.3, 0.4) is 0 Å². The predicted octanol–water partition coefficient (Wildman–Crippen LogP) is 3.61. The van der Waals surface area contributed by atoms with E-state index in [4.69, 9.17) is 0 Å². The van der Waals surface area contributed by atoms with E-state index in [1.807, 2.05) is 56.3 Å². The van der Waals surface area contributed by atoms with Crippen molar-refractivity contribution in [2.24, 2.45) is 0 Å². The van der Waals surface area contributed by atoms with Gasteiger partial charge < -0.3 is 5.32 Å². The highest BCUT2D eigenvalue weighted by Crippen LogP contribution is 2.29. The van der Waals surface area contributed by atoms with Gasteiger partial charge in [-0.1, -0.05) is 42.8 Å². The van der Waals surface area contributed by atoms with Crippen LogP contribution in [0.15, 0.2) is 42.5 Å². The summed E-state index contributed by atoms with van der Waals surface area (Å²) in [4.78, 5) is 26.6. The molecule has 0 aliphatic carbocycles. The molecular formula is C20H22N2O2. The monoisotopic (exact) mass is 322 g/mol. The second-order valence-corrected chi connectivity index (χ2v) is 6.27. The Hall–Kier alpha value is -2.62. The molecule has 1 aliphatic heterocycles. The molecule has 0 radical (unpaired) electrons. The normalized spacial score (nSPS) is 17.5. The minimum Gasteiger partial charge on any atom is -0.373 e. The van der Waals surface area contributed by atoms with Crippen LogP contribution in [0.2, 0.25) is 0 Å². The highest BCUT2D eigenvalue weighted by molar-refractivity contribution is 6.23. The lowest BCUT2D eigenvalue weighted by Crippen LogP contribution is -2.35. The predicted molar refractivity (Wildman–Crippen MR) is 96.3 cm³/mol. The third-order valence-electron chi connectivity index (χ3n) is 4.47. The SMILES string of the molecule is CCc1ccccc1N[C@@H]1CC(=O)N(c2ccc(C)cc2C)C1=O. The van der Waals surface area contributed by atoms with Gasteiger partial charge in [-0.15, -0.1) is 0 Å². The molecule has 0 aromatic heterocycles. The molecule has 1 fully saturated rings. The quantitative estimate of drug-likeness (QED) is 0.875. The number of amides is 2. The van der Waals surface area contributed by atoms with E-state index < -0.39 is 6.04 Å². The summed E-state index contributed by atoms with van der Waals surface area (Å²) in [5.41, 5.74) is 4.80. The van der Waals surface area contributed by atoms with Crippen molar-refractivity contribution < 1.29 is 9.59 Å². The van der Waals surface area contributed by atoms with Gasteiger partial charge in [-0.2, -0.15) is 0 Å². The Labute approximate surface area is 142 Å². The van der Waals surface area contributed by atoms with E-state index in [1.54, 1.807) is 0 Å². The first-order chi connectivity index (χ1) is 11.5. The van der Waals surface area contributed by atoms with E-state index in [2.05, 4.69) is 12.2 Å². The van der Waals surface area contributed by atoms with Gasteiger partial charge in [0, 0.05) is 5.69 Å². The number of aryl methyl sites for hydroxylation is 3. The van der Waals surface area contributed by atoms with Crippen LogP contribution in [0.4, 0.5) is 11.4 Å². The van der Waals surface area contributed by atoms with Gasteiger partial charge in [0.15, 0.2) is 0 Å². The number of para-hydroxylation sites is 1. The summed E-state index contributed by atoms with van der Waals surface area (Å²) < 4.78 is 0. The van der Waals surface area contributed by atoms with Crippen LogP contribution in [-0.2, 0) is 16.0 Å². The van der Waals surface area contributed by atoms with Gasteiger partial charge in [0.1, 0.15) is 6.04 Å². The summed E-state index contributed by atoms with van der Waals surface area (Å²) in [5.74, 6) is -0.337. The molecule has 3 rings (SSSR count). The highest BCUT2D eigenvalue weighted by Gasteiger charge is 2.40. The molecule has 1 atom stereocenters. The molecule has 1 N–H and O–H groups in total. The van der Waals surface area contributed by atoms with E-state index in [-0.39, 0.29) is 18.2 Å². The number of hydrogen-bond acceptors (Lipinski definition) is 3. The maximum absolute atomic E-state index is 12.8. The molecular weight excluding hydrogens is 300 g/mol. The molecule has 2 amide bonds. The lowest BCUT2D eigenvalue weighted by molar-refractivity contribution is -0.121. The smallest absolute Gasteiger partial charge is 0.256 e. The van der Waals surface area contributed by atoms with Crippen LogP contribution in [0.1, 0.15) is 30.0 Å². The number of nitrogens with one attached hydrogen (secondary N) is 1. The Kier molecular flexibility index (Phi) is 4.38. The third-order valence-corrected chi connectivity index (χ3v) is 4.47. The van der Waals surface area contributed by atoms with Gasteiger partial charge in [0.05, 0.1) is 12.1 Å². The molecule has 1 aliphatic rings. The number of carbonyl (C=O) groups is 2. The number of rotatable bonds is 4. The van der Waals surface area contributed by atoms with Crippen LogP contribution in [0.5, 0.6) is 0 Å². The van der Waals surface area contributed by atoms with E-state index >= 15 is 0 Å². The number of benzene rings is 2. The van der Waals surface area contributed by atoms with E-state index in [0.29, 0.717) is 5.69 Å². The van der Waals surface area contributed by atoms with E-state index in [1.165, 1.54) is 4.90 Å². The molecule has 24 heavy (non-hydrogen) atoms. The molecule has 124 valence electrons. The molecule has 0 unspecified atom stereocenters. The molecule has 0 spiro atoms. The fraction of sp³-hybridized carbons (Fsp3) is 0.300. The minimum absolute atomic E-state index is 0.154. The average molecular weight is 322 g/mol. The number of carbonyl (C=O) groups excluding carboxylic acids is 2. The molecule has 1 saturated heterocycles. The fourth-order valence-corrected chi connectivity index (χ4v) is 3.21. The first kappa shape index (κ1) is 16.2. The van der Waals surface area contributed by atoms with Crippen LogP contribution in [-0.4, -0.2) is 17.9 Å². The summed E-state index contributed by atoms with van der Waals surface area (Å²) in [5, 5.41) is 3.26. The Morgan fingerprint density at radius 3 is 2.58 bits per heavy atom. The summed E-state index contributed by atoms with van der Waals surface area (Å²) in [6.07, 6.45) is 1.06. The molecule has 4 heteroatoms. The molecule has 0 saturated carbocycles. The number of nitrogens with zero attached hydrogens (tertiary/aromatic N) is 1. The first-order valence-corrected chi connectivity index (χ1v) is 8.29. The molecule has 4 nitrogen and oxygen atoms in total. The number of anilines is 2. The maximum Gasteiger partial charge on any atom is 0.256 e. The Balaban J connectivity index is 1.86. The fourth-order valence-electron chi connectivity index (χ4n) is 3.21. The number of imide groups is 1. The van der Waals surface area contributed by atoms with Gasteiger partial charge in [0.25, 0.3) is 5.91 Å². The maximum atomic E-state index is 12.8. The molecule has 1 heterocycles. The van der Waals surface area contributed by atoms with Crippen LogP contribution in [0.25, 0.3) is 0 Å². The Morgan fingerprint density at radius 2 is 1.88 bits per heavy atom. The van der Waals surface area contributed by atoms with Gasteiger partial charge in [-0.05, 0) is 43.5 Å². The zero-order chi connectivity index (χ0) is 17.3. The zero-order valence-electron chi connectivity index (χ0n) is 14.3. The summed E-state index contributed by atoms with van der Waals surface area (Å²) >= 11 is 0. The number of hydrogen-bond donors (Lipinski definition) is 1. The average Bonchev–Trinajstić information content (AvgIpc) is 2.83. The summed E-state index contributed by atoms with van der Waals surface area (Å²) in [6, 6.07) is 13.2. The third kappa shape index (κ3) is 2.92. The van der Waals surface area contributed by atoms with Crippen molar-refractivity contribution in [3.63, 3.8) is 0 Å². The van der Waals surface area contributed by atoms with Gasteiger partial charge in [0.2, 0.25) is 5.91 Å². The summed E-state index contributed by atoms with van der Waals surface area (Å²) in [6.45, 7) is 6.00. The molecule has 0 bridgehead atoms. The molecule has 2 aromatic carbocycles. The topological polar surface area (TPSA) is 49.4 Å². The second-order valence-electron chi connectivity index (χ2n) is 6.27.